The fraction of sp³-hybridized carbons (Fsp3) is 0.300. The third-order valence-corrected chi connectivity index (χ3v) is 4.65. The number of alkyl halides is 2. The highest BCUT2D eigenvalue weighted by atomic mass is 32.2. The summed E-state index contributed by atoms with van der Waals surface area (Å²) in [6.45, 7) is -2.93. The molecule has 0 bridgehead atoms. The van der Waals surface area contributed by atoms with Crippen molar-refractivity contribution in [2.75, 3.05) is 23.9 Å². The minimum Gasteiger partial charge on any atom is -0.468 e. The molecule has 0 aliphatic rings. The SMILES string of the molecule is COC(=O)CSCCC(=O)Nc1ccc(OC(F)F)c(Cc2ccccc2)c1. The Labute approximate surface area is 166 Å². The zero-order chi connectivity index (χ0) is 20.4. The highest BCUT2D eigenvalue weighted by Crippen LogP contribution is 2.27. The molecule has 0 aromatic heterocycles. The summed E-state index contributed by atoms with van der Waals surface area (Å²) < 4.78 is 34.5. The van der Waals surface area contributed by atoms with E-state index in [1.54, 1.807) is 6.07 Å². The summed E-state index contributed by atoms with van der Waals surface area (Å²) in [4.78, 5) is 23.1. The van der Waals surface area contributed by atoms with Crippen LogP contribution < -0.4 is 10.1 Å². The van der Waals surface area contributed by atoms with Crippen molar-refractivity contribution in [3.05, 3.63) is 59.7 Å². The topological polar surface area (TPSA) is 64.6 Å². The van der Waals surface area contributed by atoms with Crippen LogP contribution in [0.1, 0.15) is 17.5 Å². The number of benzene rings is 2. The Balaban J connectivity index is 2.01. The van der Waals surface area contributed by atoms with Gasteiger partial charge in [-0.3, -0.25) is 9.59 Å². The second-order valence-electron chi connectivity index (χ2n) is 5.79. The summed E-state index contributed by atoms with van der Waals surface area (Å²) in [5.74, 6) is 0.149. The van der Waals surface area contributed by atoms with Crippen LogP contribution in [0, 0.1) is 0 Å². The van der Waals surface area contributed by atoms with Crippen LogP contribution in [0.15, 0.2) is 48.5 Å². The molecule has 8 heteroatoms. The minimum atomic E-state index is -2.93. The molecule has 0 heterocycles. The second-order valence-corrected chi connectivity index (χ2v) is 6.90. The van der Waals surface area contributed by atoms with Gasteiger partial charge < -0.3 is 14.8 Å². The van der Waals surface area contributed by atoms with Gasteiger partial charge in [-0.05, 0) is 23.8 Å². The van der Waals surface area contributed by atoms with Crippen LogP contribution in [-0.4, -0.2) is 37.1 Å². The lowest BCUT2D eigenvalue weighted by Gasteiger charge is -2.13. The van der Waals surface area contributed by atoms with E-state index in [0.717, 1.165) is 5.56 Å². The summed E-state index contributed by atoms with van der Waals surface area (Å²) in [7, 11) is 1.31. The lowest BCUT2D eigenvalue weighted by molar-refractivity contribution is -0.137. The zero-order valence-corrected chi connectivity index (χ0v) is 16.1. The summed E-state index contributed by atoms with van der Waals surface area (Å²) in [6, 6.07) is 13.9. The van der Waals surface area contributed by atoms with E-state index in [9.17, 15) is 18.4 Å². The molecule has 0 unspecified atom stereocenters. The lowest BCUT2D eigenvalue weighted by Crippen LogP contribution is -2.13. The molecule has 0 radical (unpaired) electrons. The first-order chi connectivity index (χ1) is 13.5. The number of carbonyl (C=O) groups excluding carboxylic acids is 2. The molecule has 0 aliphatic carbocycles. The molecule has 0 saturated heterocycles. The van der Waals surface area contributed by atoms with E-state index in [0.29, 0.717) is 23.4 Å². The molecule has 0 saturated carbocycles. The Morgan fingerprint density at radius 3 is 2.57 bits per heavy atom. The quantitative estimate of drug-likeness (QED) is 0.473. The highest BCUT2D eigenvalue weighted by molar-refractivity contribution is 7.99. The maximum absolute atomic E-state index is 12.7. The molecule has 1 amide bonds. The van der Waals surface area contributed by atoms with E-state index in [2.05, 4.69) is 14.8 Å². The average Bonchev–Trinajstić information content (AvgIpc) is 2.67. The molecule has 5 nitrogen and oxygen atoms in total. The first-order valence-corrected chi connectivity index (χ1v) is 9.69. The van der Waals surface area contributed by atoms with Crippen LogP contribution in [-0.2, 0) is 20.7 Å². The van der Waals surface area contributed by atoms with Crippen LogP contribution in [0.5, 0.6) is 5.75 Å². The monoisotopic (exact) mass is 409 g/mol. The largest absolute Gasteiger partial charge is 0.468 e. The third kappa shape index (κ3) is 7.56. The van der Waals surface area contributed by atoms with Crippen molar-refractivity contribution < 1.29 is 27.8 Å². The molecule has 0 atom stereocenters. The van der Waals surface area contributed by atoms with Crippen molar-refractivity contribution in [2.45, 2.75) is 19.5 Å². The van der Waals surface area contributed by atoms with Gasteiger partial charge in [0.05, 0.1) is 12.9 Å². The molecule has 0 spiro atoms. The van der Waals surface area contributed by atoms with E-state index in [-0.39, 0.29) is 29.8 Å². The Morgan fingerprint density at radius 1 is 1.14 bits per heavy atom. The van der Waals surface area contributed by atoms with E-state index < -0.39 is 6.61 Å². The van der Waals surface area contributed by atoms with Crippen molar-refractivity contribution >= 4 is 29.3 Å². The average molecular weight is 409 g/mol. The number of carbonyl (C=O) groups is 2. The van der Waals surface area contributed by atoms with Crippen LogP contribution >= 0.6 is 11.8 Å². The molecule has 2 rings (SSSR count). The van der Waals surface area contributed by atoms with Gasteiger partial charge in [0, 0.05) is 29.8 Å². The molecule has 1 N–H and O–H groups in total. The van der Waals surface area contributed by atoms with Crippen molar-refractivity contribution in [2.24, 2.45) is 0 Å². The van der Waals surface area contributed by atoms with E-state index >= 15 is 0 Å². The number of methoxy groups -OCH3 is 1. The van der Waals surface area contributed by atoms with Crippen molar-refractivity contribution in [1.82, 2.24) is 0 Å². The number of nitrogens with one attached hydrogen (secondary N) is 1. The van der Waals surface area contributed by atoms with Gasteiger partial charge in [0.25, 0.3) is 0 Å². The first-order valence-electron chi connectivity index (χ1n) is 8.54. The van der Waals surface area contributed by atoms with Crippen molar-refractivity contribution in [3.63, 3.8) is 0 Å². The zero-order valence-electron chi connectivity index (χ0n) is 15.3. The Morgan fingerprint density at radius 2 is 1.89 bits per heavy atom. The van der Waals surface area contributed by atoms with Gasteiger partial charge in [-0.2, -0.15) is 8.78 Å². The number of thioether (sulfide) groups is 1. The number of rotatable bonds is 10. The molecule has 150 valence electrons. The van der Waals surface area contributed by atoms with Gasteiger partial charge in [-0.15, -0.1) is 11.8 Å². The molecule has 0 aliphatic heterocycles. The van der Waals surface area contributed by atoms with Gasteiger partial charge in [-0.25, -0.2) is 0 Å². The van der Waals surface area contributed by atoms with E-state index in [1.807, 2.05) is 30.3 Å². The molecular weight excluding hydrogens is 388 g/mol. The maximum Gasteiger partial charge on any atom is 0.387 e. The maximum atomic E-state index is 12.7. The smallest absolute Gasteiger partial charge is 0.387 e. The van der Waals surface area contributed by atoms with Gasteiger partial charge in [0.2, 0.25) is 5.91 Å². The number of esters is 1. The normalized spacial score (nSPS) is 10.6. The first kappa shape index (κ1) is 21.7. The fourth-order valence-corrected chi connectivity index (χ4v) is 3.18. The van der Waals surface area contributed by atoms with Crippen LogP contribution in [0.25, 0.3) is 0 Å². The highest BCUT2D eigenvalue weighted by Gasteiger charge is 2.12. The number of hydrogen-bond acceptors (Lipinski definition) is 5. The number of halogens is 2. The van der Waals surface area contributed by atoms with Crippen molar-refractivity contribution in [1.29, 1.82) is 0 Å². The number of hydrogen-bond donors (Lipinski definition) is 1. The molecule has 0 fully saturated rings. The summed E-state index contributed by atoms with van der Waals surface area (Å²) in [5, 5.41) is 2.74. The number of anilines is 1. The van der Waals surface area contributed by atoms with E-state index in [1.165, 1.54) is 31.0 Å². The predicted octanol–water partition coefficient (Wildman–Crippen LogP) is 4.11. The van der Waals surface area contributed by atoms with Gasteiger partial charge >= 0.3 is 12.6 Å². The van der Waals surface area contributed by atoms with Crippen LogP contribution in [0.2, 0.25) is 0 Å². The molecule has 28 heavy (non-hydrogen) atoms. The molecule has 2 aromatic carbocycles. The summed E-state index contributed by atoms with van der Waals surface area (Å²) >= 11 is 1.30. The van der Waals surface area contributed by atoms with Crippen molar-refractivity contribution in [3.8, 4) is 5.75 Å². The Kier molecular flexibility index (Phi) is 8.74. The Bertz CT molecular complexity index is 787. The number of amides is 1. The van der Waals surface area contributed by atoms with Crippen LogP contribution in [0.3, 0.4) is 0 Å². The predicted molar refractivity (Wildman–Crippen MR) is 105 cm³/mol. The van der Waals surface area contributed by atoms with Crippen LogP contribution in [0.4, 0.5) is 14.5 Å². The second kappa shape index (κ2) is 11.3. The fourth-order valence-electron chi connectivity index (χ4n) is 2.42. The van der Waals surface area contributed by atoms with Gasteiger partial charge in [0.15, 0.2) is 0 Å². The molecule has 2 aromatic rings. The molecular formula is C20H21F2NO4S. The minimum absolute atomic E-state index is 0.0745. The van der Waals surface area contributed by atoms with E-state index in [4.69, 9.17) is 0 Å². The van der Waals surface area contributed by atoms with Gasteiger partial charge in [-0.1, -0.05) is 30.3 Å². The summed E-state index contributed by atoms with van der Waals surface area (Å²) in [6.07, 6.45) is 0.604. The van der Waals surface area contributed by atoms with Gasteiger partial charge in [0.1, 0.15) is 5.75 Å². The summed E-state index contributed by atoms with van der Waals surface area (Å²) in [5.41, 5.74) is 1.98. The lowest BCUT2D eigenvalue weighted by atomic mass is 10.0. The Hall–Kier alpha value is -2.61. The third-order valence-electron chi connectivity index (χ3n) is 3.72. The number of ether oxygens (including phenoxy) is 2. The standard InChI is InChI=1S/C20H21F2NO4S/c1-26-19(25)13-28-10-9-18(24)23-16-7-8-17(27-20(21)22)15(12-16)11-14-5-3-2-4-6-14/h2-8,12,20H,9-11,13H2,1H3,(H,23,24).